The second kappa shape index (κ2) is 6.95. The third kappa shape index (κ3) is 3.43. The molecule has 0 saturated carbocycles. The van der Waals surface area contributed by atoms with Crippen LogP contribution >= 0.6 is 11.8 Å². The predicted octanol–water partition coefficient (Wildman–Crippen LogP) is 1.55. The molecule has 1 heterocycles. The van der Waals surface area contributed by atoms with E-state index in [9.17, 15) is 9.59 Å². The Kier molecular flexibility index (Phi) is 5.57. The van der Waals surface area contributed by atoms with Gasteiger partial charge in [0, 0.05) is 6.20 Å². The molecule has 0 unspecified atom stereocenters. The van der Waals surface area contributed by atoms with Crippen LogP contribution in [0.2, 0.25) is 0 Å². The molecule has 1 rings (SSSR count). The number of hydrogen-bond acceptors (Lipinski definition) is 7. The van der Waals surface area contributed by atoms with E-state index in [0.717, 1.165) is 0 Å². The zero-order valence-electron chi connectivity index (χ0n) is 10.4. The first-order chi connectivity index (χ1) is 8.63. The normalized spacial score (nSPS) is 9.94. The van der Waals surface area contributed by atoms with Crippen molar-refractivity contribution in [3.63, 3.8) is 0 Å². The molecule has 6 nitrogen and oxygen atoms in total. The summed E-state index contributed by atoms with van der Waals surface area (Å²) in [6.45, 7) is 3.78. The van der Waals surface area contributed by atoms with Gasteiger partial charge in [0.25, 0.3) is 0 Å². The van der Waals surface area contributed by atoms with Gasteiger partial charge in [-0.3, -0.25) is 0 Å². The minimum atomic E-state index is -0.654. The van der Waals surface area contributed by atoms with Crippen molar-refractivity contribution in [3.8, 4) is 0 Å². The van der Waals surface area contributed by atoms with Crippen LogP contribution in [0.4, 0.5) is 0 Å². The fraction of sp³-hybridized carbons (Fsp3) is 0.455. The van der Waals surface area contributed by atoms with Crippen molar-refractivity contribution in [2.24, 2.45) is 0 Å². The van der Waals surface area contributed by atoms with Gasteiger partial charge in [-0.1, -0.05) is 11.8 Å². The van der Waals surface area contributed by atoms with Crippen LogP contribution in [0.15, 0.2) is 11.4 Å². The molecule has 0 aliphatic rings. The highest BCUT2D eigenvalue weighted by Crippen LogP contribution is 2.14. The van der Waals surface area contributed by atoms with E-state index in [1.54, 1.807) is 20.1 Å². The first kappa shape index (κ1) is 14.4. The van der Waals surface area contributed by atoms with Crippen LogP contribution in [-0.2, 0) is 9.47 Å². The Labute approximate surface area is 109 Å². The number of nitrogens with zero attached hydrogens (tertiary/aromatic N) is 2. The molecule has 0 bridgehead atoms. The minimum Gasteiger partial charge on any atom is -0.462 e. The quantitative estimate of drug-likeness (QED) is 0.456. The number of carbonyl (C=O) groups is 2. The van der Waals surface area contributed by atoms with Crippen LogP contribution in [-0.4, -0.2) is 41.4 Å². The first-order valence-electron chi connectivity index (χ1n) is 5.39. The maximum absolute atomic E-state index is 11.7. The molecule has 1 aromatic heterocycles. The summed E-state index contributed by atoms with van der Waals surface area (Å²) in [5.41, 5.74) is -0.0391. The molecule has 0 fully saturated rings. The van der Waals surface area contributed by atoms with Crippen LogP contribution in [0, 0.1) is 0 Å². The van der Waals surface area contributed by atoms with Gasteiger partial charge in [0.05, 0.1) is 13.2 Å². The molecule has 0 aliphatic heterocycles. The minimum absolute atomic E-state index is 0.0214. The Balaban J connectivity index is 3.15. The van der Waals surface area contributed by atoms with Gasteiger partial charge in [0.15, 0.2) is 10.9 Å². The summed E-state index contributed by atoms with van der Waals surface area (Å²) in [4.78, 5) is 31.3. The van der Waals surface area contributed by atoms with E-state index in [4.69, 9.17) is 9.47 Å². The lowest BCUT2D eigenvalue weighted by molar-refractivity contribution is 0.0471. The Hall–Kier alpha value is -1.63. The zero-order chi connectivity index (χ0) is 13.5. The van der Waals surface area contributed by atoms with E-state index < -0.39 is 11.9 Å². The molecule has 0 amide bonds. The molecule has 98 valence electrons. The SMILES string of the molecule is CCOC(=O)c1cnc(SC)nc1C(=O)OCC. The summed E-state index contributed by atoms with van der Waals surface area (Å²) in [5, 5.41) is 0.395. The third-order valence-corrected chi connectivity index (χ3v) is 2.48. The maximum Gasteiger partial charge on any atom is 0.357 e. The average molecular weight is 270 g/mol. The summed E-state index contributed by atoms with van der Waals surface area (Å²) >= 11 is 1.27. The number of rotatable bonds is 5. The van der Waals surface area contributed by atoms with E-state index in [2.05, 4.69) is 9.97 Å². The van der Waals surface area contributed by atoms with Crippen LogP contribution in [0.5, 0.6) is 0 Å². The second-order valence-corrected chi connectivity index (χ2v) is 3.83. The highest BCUT2D eigenvalue weighted by molar-refractivity contribution is 7.98. The first-order valence-corrected chi connectivity index (χ1v) is 6.61. The van der Waals surface area contributed by atoms with E-state index in [-0.39, 0.29) is 24.5 Å². The van der Waals surface area contributed by atoms with E-state index >= 15 is 0 Å². The molecule has 0 aliphatic carbocycles. The number of carbonyl (C=O) groups excluding carboxylic acids is 2. The molecule has 1 aromatic rings. The van der Waals surface area contributed by atoms with Gasteiger partial charge in [0.1, 0.15) is 5.56 Å². The number of esters is 2. The van der Waals surface area contributed by atoms with Crippen molar-refractivity contribution in [3.05, 3.63) is 17.5 Å². The van der Waals surface area contributed by atoms with E-state index in [0.29, 0.717) is 5.16 Å². The predicted molar refractivity (Wildman–Crippen MR) is 65.7 cm³/mol. The molecule has 0 atom stereocenters. The lowest BCUT2D eigenvalue weighted by Gasteiger charge is -2.07. The highest BCUT2D eigenvalue weighted by Gasteiger charge is 2.22. The monoisotopic (exact) mass is 270 g/mol. The zero-order valence-corrected chi connectivity index (χ0v) is 11.2. The van der Waals surface area contributed by atoms with Gasteiger partial charge in [-0.25, -0.2) is 19.6 Å². The largest absolute Gasteiger partial charge is 0.462 e. The van der Waals surface area contributed by atoms with Gasteiger partial charge in [-0.2, -0.15) is 0 Å². The molecule has 0 saturated heterocycles. The second-order valence-electron chi connectivity index (χ2n) is 3.06. The lowest BCUT2D eigenvalue weighted by Crippen LogP contribution is -2.17. The van der Waals surface area contributed by atoms with Gasteiger partial charge in [0.2, 0.25) is 0 Å². The van der Waals surface area contributed by atoms with Crippen LogP contribution < -0.4 is 0 Å². The molecule has 0 radical (unpaired) electrons. The van der Waals surface area contributed by atoms with Crippen molar-refractivity contribution in [2.45, 2.75) is 19.0 Å². The van der Waals surface area contributed by atoms with E-state index in [1.807, 2.05) is 0 Å². The maximum atomic E-state index is 11.7. The summed E-state index contributed by atoms with van der Waals surface area (Å²) in [6.07, 6.45) is 3.05. The number of thioether (sulfide) groups is 1. The van der Waals surface area contributed by atoms with Crippen LogP contribution in [0.1, 0.15) is 34.7 Å². The Morgan fingerprint density at radius 1 is 1.22 bits per heavy atom. The Morgan fingerprint density at radius 2 is 1.83 bits per heavy atom. The summed E-state index contributed by atoms with van der Waals surface area (Å²) < 4.78 is 9.69. The van der Waals surface area contributed by atoms with Crippen molar-refractivity contribution in [2.75, 3.05) is 19.5 Å². The fourth-order valence-electron chi connectivity index (χ4n) is 1.18. The molecular weight excluding hydrogens is 256 g/mol. The third-order valence-electron chi connectivity index (χ3n) is 1.91. The lowest BCUT2D eigenvalue weighted by atomic mass is 10.2. The van der Waals surface area contributed by atoms with Crippen molar-refractivity contribution in [1.29, 1.82) is 0 Å². The average Bonchev–Trinajstić information content (AvgIpc) is 2.38. The van der Waals surface area contributed by atoms with Gasteiger partial charge < -0.3 is 9.47 Å². The molecule has 18 heavy (non-hydrogen) atoms. The summed E-state index contributed by atoms with van der Waals surface area (Å²) in [7, 11) is 0. The molecule has 7 heteroatoms. The Bertz CT molecular complexity index is 451. The highest BCUT2D eigenvalue weighted by atomic mass is 32.2. The molecule has 0 aromatic carbocycles. The topological polar surface area (TPSA) is 78.4 Å². The molecular formula is C11H14N2O4S. The molecule has 0 N–H and O–H groups in total. The van der Waals surface area contributed by atoms with Crippen LogP contribution in [0.3, 0.4) is 0 Å². The van der Waals surface area contributed by atoms with Crippen molar-refractivity contribution < 1.29 is 19.1 Å². The smallest absolute Gasteiger partial charge is 0.357 e. The van der Waals surface area contributed by atoms with Gasteiger partial charge >= 0.3 is 11.9 Å². The number of hydrogen-bond donors (Lipinski definition) is 0. The Morgan fingerprint density at radius 3 is 2.39 bits per heavy atom. The number of aromatic nitrogens is 2. The standard InChI is InChI=1S/C11H14N2O4S/c1-4-16-9(14)7-6-12-11(18-3)13-8(7)10(15)17-5-2/h6H,4-5H2,1-3H3. The fourth-order valence-corrected chi connectivity index (χ4v) is 1.52. The van der Waals surface area contributed by atoms with Crippen LogP contribution in [0.25, 0.3) is 0 Å². The number of ether oxygens (including phenoxy) is 2. The van der Waals surface area contributed by atoms with Gasteiger partial charge in [-0.05, 0) is 20.1 Å². The molecule has 0 spiro atoms. The summed E-state index contributed by atoms with van der Waals surface area (Å²) in [5.74, 6) is -1.29. The van der Waals surface area contributed by atoms with Gasteiger partial charge in [-0.15, -0.1) is 0 Å². The van der Waals surface area contributed by atoms with E-state index in [1.165, 1.54) is 18.0 Å². The van der Waals surface area contributed by atoms with Crippen molar-refractivity contribution >= 4 is 23.7 Å². The summed E-state index contributed by atoms with van der Waals surface area (Å²) in [6, 6.07) is 0. The van der Waals surface area contributed by atoms with Crippen molar-refractivity contribution in [1.82, 2.24) is 9.97 Å².